The largest absolute Gasteiger partial charge is 0.378 e. The van der Waals surface area contributed by atoms with Crippen LogP contribution >= 0.6 is 0 Å². The molecule has 1 fully saturated rings. The first-order valence-corrected chi connectivity index (χ1v) is 8.66. The van der Waals surface area contributed by atoms with Crippen molar-refractivity contribution >= 4 is 17.5 Å². The fourth-order valence-electron chi connectivity index (χ4n) is 2.78. The second-order valence-electron chi connectivity index (χ2n) is 6.11. The van der Waals surface area contributed by atoms with Gasteiger partial charge in [-0.3, -0.25) is 14.7 Å². The summed E-state index contributed by atoms with van der Waals surface area (Å²) in [7, 11) is 0. The van der Waals surface area contributed by atoms with Crippen LogP contribution in [0.1, 0.15) is 16.1 Å². The molecule has 8 heteroatoms. The van der Waals surface area contributed by atoms with E-state index in [0.29, 0.717) is 43.2 Å². The number of urea groups is 1. The summed E-state index contributed by atoms with van der Waals surface area (Å²) < 4.78 is 18.6. The standard InChI is InChI=1S/C19H21FN4O3/c20-15-2-5-17(6-3-15)24(19(26)23-7-9-27-10-8-23)13-16-4-1-14(12-22-16)18(25)11-21/h1-6,12H,7-11,13,21H2. The summed E-state index contributed by atoms with van der Waals surface area (Å²) in [6.45, 7) is 2.06. The molecule has 0 saturated carbocycles. The van der Waals surface area contributed by atoms with Gasteiger partial charge in [0.2, 0.25) is 0 Å². The third-order valence-electron chi connectivity index (χ3n) is 4.30. The molecule has 2 N–H and O–H groups in total. The summed E-state index contributed by atoms with van der Waals surface area (Å²) in [6, 6.07) is 8.86. The van der Waals surface area contributed by atoms with Crippen LogP contribution in [0, 0.1) is 5.82 Å². The molecule has 0 spiro atoms. The number of rotatable bonds is 5. The highest BCUT2D eigenvalue weighted by Crippen LogP contribution is 2.20. The average molecular weight is 372 g/mol. The Bertz CT molecular complexity index is 790. The Labute approximate surface area is 156 Å². The molecule has 0 bridgehead atoms. The Morgan fingerprint density at radius 2 is 1.85 bits per heavy atom. The number of benzene rings is 1. The Hall–Kier alpha value is -2.84. The Morgan fingerprint density at radius 1 is 1.15 bits per heavy atom. The van der Waals surface area contributed by atoms with Crippen LogP contribution in [0.25, 0.3) is 0 Å². The van der Waals surface area contributed by atoms with Gasteiger partial charge in [-0.25, -0.2) is 9.18 Å². The van der Waals surface area contributed by atoms with E-state index in [4.69, 9.17) is 10.5 Å². The first-order chi connectivity index (χ1) is 13.1. The summed E-state index contributed by atoms with van der Waals surface area (Å²) >= 11 is 0. The molecule has 1 aromatic carbocycles. The Kier molecular flexibility index (Phi) is 6.10. The number of hydrogen-bond acceptors (Lipinski definition) is 5. The Balaban J connectivity index is 1.83. The number of pyridine rings is 1. The van der Waals surface area contributed by atoms with E-state index in [-0.39, 0.29) is 30.7 Å². The normalized spacial score (nSPS) is 14.1. The monoisotopic (exact) mass is 372 g/mol. The predicted molar refractivity (Wildman–Crippen MR) is 98.0 cm³/mol. The summed E-state index contributed by atoms with van der Waals surface area (Å²) in [6.07, 6.45) is 1.45. The number of nitrogens with zero attached hydrogens (tertiary/aromatic N) is 3. The van der Waals surface area contributed by atoms with Crippen LogP contribution in [0.3, 0.4) is 0 Å². The topological polar surface area (TPSA) is 88.8 Å². The first kappa shape index (κ1) is 18.9. The Morgan fingerprint density at radius 3 is 2.44 bits per heavy atom. The number of aromatic nitrogens is 1. The smallest absolute Gasteiger partial charge is 0.325 e. The minimum absolute atomic E-state index is 0.0851. The SMILES string of the molecule is NCC(=O)c1ccc(CN(C(=O)N2CCOCC2)c2ccc(F)cc2)nc1. The number of ketones is 1. The molecule has 0 atom stereocenters. The number of anilines is 1. The van der Waals surface area contributed by atoms with Crippen LogP contribution in [-0.4, -0.2) is 54.5 Å². The number of halogens is 1. The van der Waals surface area contributed by atoms with Gasteiger partial charge < -0.3 is 15.4 Å². The molecule has 0 aliphatic carbocycles. The zero-order valence-corrected chi connectivity index (χ0v) is 14.8. The quantitative estimate of drug-likeness (QED) is 0.809. The van der Waals surface area contributed by atoms with E-state index in [9.17, 15) is 14.0 Å². The van der Waals surface area contributed by atoms with Crippen molar-refractivity contribution in [2.24, 2.45) is 5.73 Å². The summed E-state index contributed by atoms with van der Waals surface area (Å²) in [4.78, 5) is 32.1. The van der Waals surface area contributed by atoms with Crippen molar-refractivity contribution in [3.05, 3.63) is 59.7 Å². The number of ether oxygens (including phenoxy) is 1. The van der Waals surface area contributed by atoms with E-state index in [0.717, 1.165) is 0 Å². The number of hydrogen-bond donors (Lipinski definition) is 1. The van der Waals surface area contributed by atoms with Gasteiger partial charge in [0.1, 0.15) is 5.82 Å². The van der Waals surface area contributed by atoms with Crippen LogP contribution in [0.15, 0.2) is 42.6 Å². The highest BCUT2D eigenvalue weighted by atomic mass is 19.1. The number of nitrogens with two attached hydrogens (primary N) is 1. The van der Waals surface area contributed by atoms with Gasteiger partial charge in [0, 0.05) is 30.5 Å². The van der Waals surface area contributed by atoms with E-state index >= 15 is 0 Å². The molecular weight excluding hydrogens is 351 g/mol. The average Bonchev–Trinajstić information content (AvgIpc) is 2.73. The van der Waals surface area contributed by atoms with Crippen molar-refractivity contribution in [3.8, 4) is 0 Å². The minimum Gasteiger partial charge on any atom is -0.378 e. The molecule has 27 heavy (non-hydrogen) atoms. The number of carbonyl (C=O) groups excluding carboxylic acids is 2. The molecule has 1 aliphatic heterocycles. The highest BCUT2D eigenvalue weighted by Gasteiger charge is 2.24. The van der Waals surface area contributed by atoms with Crippen LogP contribution in [0.5, 0.6) is 0 Å². The fourth-order valence-corrected chi connectivity index (χ4v) is 2.78. The molecule has 142 valence electrons. The maximum Gasteiger partial charge on any atom is 0.325 e. The van der Waals surface area contributed by atoms with Gasteiger partial charge >= 0.3 is 6.03 Å². The third kappa shape index (κ3) is 4.66. The zero-order chi connectivity index (χ0) is 19.2. The van der Waals surface area contributed by atoms with Gasteiger partial charge in [-0.05, 0) is 36.4 Å². The van der Waals surface area contributed by atoms with Crippen LogP contribution in [-0.2, 0) is 11.3 Å². The third-order valence-corrected chi connectivity index (χ3v) is 4.30. The van der Waals surface area contributed by atoms with Gasteiger partial charge in [-0.15, -0.1) is 0 Å². The van der Waals surface area contributed by atoms with Crippen molar-refractivity contribution in [1.29, 1.82) is 0 Å². The number of morpholine rings is 1. The molecular formula is C19H21FN4O3. The lowest BCUT2D eigenvalue weighted by Gasteiger charge is -2.33. The highest BCUT2D eigenvalue weighted by molar-refractivity contribution is 5.97. The van der Waals surface area contributed by atoms with Crippen LogP contribution < -0.4 is 10.6 Å². The van der Waals surface area contributed by atoms with Gasteiger partial charge in [-0.2, -0.15) is 0 Å². The molecule has 3 rings (SSSR count). The first-order valence-electron chi connectivity index (χ1n) is 8.66. The van der Waals surface area contributed by atoms with Crippen molar-refractivity contribution in [1.82, 2.24) is 9.88 Å². The van der Waals surface area contributed by atoms with Gasteiger partial charge in [0.15, 0.2) is 5.78 Å². The summed E-state index contributed by atoms with van der Waals surface area (Å²) in [5, 5.41) is 0. The molecule has 0 unspecified atom stereocenters. The molecule has 7 nitrogen and oxygen atoms in total. The second-order valence-corrected chi connectivity index (χ2v) is 6.11. The fraction of sp³-hybridized carbons (Fsp3) is 0.316. The molecule has 1 aromatic heterocycles. The van der Waals surface area contributed by atoms with Gasteiger partial charge in [0.05, 0.1) is 32.0 Å². The molecule has 1 saturated heterocycles. The lowest BCUT2D eigenvalue weighted by atomic mass is 10.1. The lowest BCUT2D eigenvalue weighted by molar-refractivity contribution is 0.0548. The van der Waals surface area contributed by atoms with Gasteiger partial charge in [0.25, 0.3) is 0 Å². The molecule has 2 heterocycles. The summed E-state index contributed by atoms with van der Waals surface area (Å²) in [5.41, 5.74) is 6.95. The minimum atomic E-state index is -0.375. The van der Waals surface area contributed by atoms with Crippen molar-refractivity contribution in [2.45, 2.75) is 6.54 Å². The number of Topliss-reactive ketones (excluding diaryl/α,β-unsaturated/α-hetero) is 1. The second kappa shape index (κ2) is 8.70. The van der Waals surface area contributed by atoms with Crippen LogP contribution in [0.2, 0.25) is 0 Å². The molecule has 2 aromatic rings. The van der Waals surface area contributed by atoms with Crippen molar-refractivity contribution < 1.29 is 18.7 Å². The number of carbonyl (C=O) groups is 2. The maximum absolute atomic E-state index is 13.3. The van der Waals surface area contributed by atoms with Gasteiger partial charge in [-0.1, -0.05) is 0 Å². The van der Waals surface area contributed by atoms with E-state index in [2.05, 4.69) is 4.98 Å². The zero-order valence-electron chi connectivity index (χ0n) is 14.8. The van der Waals surface area contributed by atoms with E-state index in [1.807, 2.05) is 0 Å². The van der Waals surface area contributed by atoms with Crippen molar-refractivity contribution in [2.75, 3.05) is 37.7 Å². The number of amides is 2. The summed E-state index contributed by atoms with van der Waals surface area (Å²) in [5.74, 6) is -0.575. The maximum atomic E-state index is 13.3. The van der Waals surface area contributed by atoms with E-state index < -0.39 is 0 Å². The van der Waals surface area contributed by atoms with E-state index in [1.165, 1.54) is 23.2 Å². The van der Waals surface area contributed by atoms with Crippen LogP contribution in [0.4, 0.5) is 14.9 Å². The molecule has 0 radical (unpaired) electrons. The lowest BCUT2D eigenvalue weighted by Crippen LogP contribution is -2.48. The predicted octanol–water partition coefficient (Wildman–Crippen LogP) is 1.82. The van der Waals surface area contributed by atoms with E-state index in [1.54, 1.807) is 29.2 Å². The van der Waals surface area contributed by atoms with Crippen molar-refractivity contribution in [3.63, 3.8) is 0 Å². The molecule has 2 amide bonds. The molecule has 1 aliphatic rings.